The Hall–Kier alpha value is -1.53. The second-order valence-electron chi connectivity index (χ2n) is 5.90. The molecule has 0 aromatic carbocycles. The van der Waals surface area contributed by atoms with Crippen LogP contribution in [0.5, 0.6) is 0 Å². The molecule has 0 spiro atoms. The highest BCUT2D eigenvalue weighted by atomic mass is 19.3. The topological polar surface area (TPSA) is 72.5 Å². The minimum atomic E-state index is -3.49. The van der Waals surface area contributed by atoms with Crippen molar-refractivity contribution in [3.8, 4) is 0 Å². The Morgan fingerprint density at radius 3 is 2.48 bits per heavy atom. The molecule has 0 aromatic rings. The van der Waals surface area contributed by atoms with Crippen molar-refractivity contribution in [1.82, 2.24) is 5.32 Å². The van der Waals surface area contributed by atoms with E-state index in [-0.39, 0.29) is 13.0 Å². The van der Waals surface area contributed by atoms with Crippen LogP contribution in [0.3, 0.4) is 0 Å². The van der Waals surface area contributed by atoms with Gasteiger partial charge in [0.1, 0.15) is 6.04 Å². The molecule has 1 amide bonds. The smallest absolute Gasteiger partial charge is 0.328 e. The van der Waals surface area contributed by atoms with E-state index in [9.17, 15) is 23.2 Å². The fourth-order valence-electron chi connectivity index (χ4n) is 2.41. The molecular formula is C16H25F2NO4. The van der Waals surface area contributed by atoms with Gasteiger partial charge in [0.25, 0.3) is 0 Å². The second kappa shape index (κ2) is 9.57. The number of carbonyl (C=O) groups is 3. The zero-order chi connectivity index (χ0) is 17.3. The summed E-state index contributed by atoms with van der Waals surface area (Å²) >= 11 is 0. The maximum atomic E-state index is 13.7. The first-order chi connectivity index (χ1) is 10.9. The van der Waals surface area contributed by atoms with Crippen LogP contribution in [0.25, 0.3) is 0 Å². The lowest BCUT2D eigenvalue weighted by Gasteiger charge is -2.15. The van der Waals surface area contributed by atoms with E-state index >= 15 is 0 Å². The predicted octanol–water partition coefficient (Wildman–Crippen LogP) is 2.76. The summed E-state index contributed by atoms with van der Waals surface area (Å²) in [4.78, 5) is 34.3. The molecule has 1 aliphatic heterocycles. The second-order valence-corrected chi connectivity index (χ2v) is 5.90. The molecule has 1 rings (SSSR count). The molecule has 0 unspecified atom stereocenters. The maximum absolute atomic E-state index is 13.7. The molecule has 1 fully saturated rings. The SMILES string of the molecule is CCCCCCCCC(F)(F)C(=O)CC(=O)N[C@H]1CCOC1=O. The van der Waals surface area contributed by atoms with E-state index in [1.165, 1.54) is 0 Å². The number of esters is 1. The number of Topliss-reactive ketones (excluding diaryl/α,β-unsaturated/α-hetero) is 1. The van der Waals surface area contributed by atoms with Crippen molar-refractivity contribution in [1.29, 1.82) is 0 Å². The molecule has 1 atom stereocenters. The van der Waals surface area contributed by atoms with Crippen LogP contribution in [0.4, 0.5) is 8.78 Å². The number of alkyl halides is 2. The van der Waals surface area contributed by atoms with Gasteiger partial charge in [0.2, 0.25) is 11.7 Å². The van der Waals surface area contributed by atoms with Crippen LogP contribution in [0.1, 0.15) is 64.7 Å². The van der Waals surface area contributed by atoms with Crippen molar-refractivity contribution >= 4 is 17.7 Å². The Kier molecular flexibility index (Phi) is 8.12. The van der Waals surface area contributed by atoms with Gasteiger partial charge in [0, 0.05) is 12.8 Å². The van der Waals surface area contributed by atoms with Crippen molar-refractivity contribution in [2.24, 2.45) is 0 Å². The van der Waals surface area contributed by atoms with Crippen LogP contribution >= 0.6 is 0 Å². The van der Waals surface area contributed by atoms with Gasteiger partial charge in [-0.15, -0.1) is 0 Å². The van der Waals surface area contributed by atoms with Gasteiger partial charge in [0.05, 0.1) is 13.0 Å². The lowest BCUT2D eigenvalue weighted by atomic mass is 10.0. The molecule has 5 nitrogen and oxygen atoms in total. The van der Waals surface area contributed by atoms with Crippen LogP contribution in [0.2, 0.25) is 0 Å². The number of nitrogens with one attached hydrogen (secondary N) is 1. The molecule has 0 aliphatic carbocycles. The molecule has 132 valence electrons. The normalized spacial score (nSPS) is 17.9. The van der Waals surface area contributed by atoms with Crippen molar-refractivity contribution in [3.05, 3.63) is 0 Å². The first-order valence-electron chi connectivity index (χ1n) is 8.24. The molecule has 1 N–H and O–H groups in total. The van der Waals surface area contributed by atoms with E-state index in [1.54, 1.807) is 0 Å². The maximum Gasteiger partial charge on any atom is 0.328 e. The number of hydrogen-bond donors (Lipinski definition) is 1. The van der Waals surface area contributed by atoms with E-state index in [2.05, 4.69) is 17.0 Å². The molecule has 1 saturated heterocycles. The molecule has 1 aliphatic rings. The Morgan fingerprint density at radius 1 is 1.22 bits per heavy atom. The van der Waals surface area contributed by atoms with Crippen LogP contribution in [-0.2, 0) is 19.1 Å². The van der Waals surface area contributed by atoms with Gasteiger partial charge in [0.15, 0.2) is 0 Å². The van der Waals surface area contributed by atoms with Gasteiger partial charge in [-0.1, -0.05) is 39.0 Å². The fourth-order valence-corrected chi connectivity index (χ4v) is 2.41. The summed E-state index contributed by atoms with van der Waals surface area (Å²) in [5, 5.41) is 2.25. The number of unbranched alkanes of at least 4 members (excludes halogenated alkanes) is 5. The van der Waals surface area contributed by atoms with Gasteiger partial charge in [-0.25, -0.2) is 4.79 Å². The zero-order valence-corrected chi connectivity index (χ0v) is 13.5. The molecule has 0 radical (unpaired) electrons. The van der Waals surface area contributed by atoms with Gasteiger partial charge in [-0.3, -0.25) is 9.59 Å². The molecule has 23 heavy (non-hydrogen) atoms. The summed E-state index contributed by atoms with van der Waals surface area (Å²) in [6, 6.07) is -0.831. The third-order valence-corrected chi connectivity index (χ3v) is 3.84. The van der Waals surface area contributed by atoms with Gasteiger partial charge >= 0.3 is 11.9 Å². The van der Waals surface area contributed by atoms with Crippen molar-refractivity contribution in [2.45, 2.75) is 76.7 Å². The van der Waals surface area contributed by atoms with Crippen molar-refractivity contribution in [2.75, 3.05) is 6.61 Å². The quantitative estimate of drug-likeness (QED) is 0.358. The number of ketones is 1. The molecule has 0 saturated carbocycles. The van der Waals surface area contributed by atoms with Crippen molar-refractivity contribution < 1.29 is 27.9 Å². The standard InChI is InChI=1S/C16H25F2NO4/c1-2-3-4-5-6-7-9-16(17,18)13(20)11-14(21)19-12-8-10-23-15(12)22/h12H,2-11H2,1H3,(H,19,21)/t12-/m0/s1. The Bertz CT molecular complexity index is 426. The third kappa shape index (κ3) is 7.05. The van der Waals surface area contributed by atoms with Crippen LogP contribution < -0.4 is 5.32 Å². The highest BCUT2D eigenvalue weighted by molar-refractivity contribution is 6.02. The number of rotatable bonds is 11. The Balaban J connectivity index is 2.27. The summed E-state index contributed by atoms with van der Waals surface area (Å²) in [6.45, 7) is 2.26. The number of amides is 1. The van der Waals surface area contributed by atoms with Crippen LogP contribution in [0, 0.1) is 0 Å². The minimum Gasteiger partial charge on any atom is -0.464 e. The summed E-state index contributed by atoms with van der Waals surface area (Å²) in [5.74, 6) is -6.33. The number of carbonyl (C=O) groups excluding carboxylic acids is 3. The van der Waals surface area contributed by atoms with Crippen LogP contribution in [-0.4, -0.2) is 36.2 Å². The molecule has 7 heteroatoms. The monoisotopic (exact) mass is 333 g/mol. The van der Waals surface area contributed by atoms with E-state index in [0.717, 1.165) is 25.7 Å². The number of cyclic esters (lactones) is 1. The number of halogens is 2. The molecule has 0 bridgehead atoms. The van der Waals surface area contributed by atoms with Crippen molar-refractivity contribution in [3.63, 3.8) is 0 Å². The van der Waals surface area contributed by atoms with E-state index in [0.29, 0.717) is 12.8 Å². The molecule has 1 heterocycles. The zero-order valence-electron chi connectivity index (χ0n) is 13.5. The average Bonchev–Trinajstić information content (AvgIpc) is 2.87. The number of hydrogen-bond acceptors (Lipinski definition) is 4. The summed E-state index contributed by atoms with van der Waals surface area (Å²) < 4.78 is 32.1. The van der Waals surface area contributed by atoms with E-state index < -0.39 is 42.5 Å². The Morgan fingerprint density at radius 2 is 1.87 bits per heavy atom. The Labute approximate surface area is 135 Å². The predicted molar refractivity (Wildman–Crippen MR) is 80.1 cm³/mol. The third-order valence-electron chi connectivity index (χ3n) is 3.84. The first-order valence-corrected chi connectivity index (χ1v) is 8.24. The average molecular weight is 333 g/mol. The molecule has 0 aromatic heterocycles. The van der Waals surface area contributed by atoms with E-state index in [1.807, 2.05) is 0 Å². The van der Waals surface area contributed by atoms with Gasteiger partial charge < -0.3 is 10.1 Å². The molecular weight excluding hydrogens is 308 g/mol. The lowest BCUT2D eigenvalue weighted by Crippen LogP contribution is -2.41. The summed E-state index contributed by atoms with van der Waals surface area (Å²) in [7, 11) is 0. The highest BCUT2D eigenvalue weighted by Gasteiger charge is 2.39. The minimum absolute atomic E-state index is 0.186. The van der Waals surface area contributed by atoms with Gasteiger partial charge in [-0.2, -0.15) is 8.78 Å². The fraction of sp³-hybridized carbons (Fsp3) is 0.812. The lowest BCUT2D eigenvalue weighted by molar-refractivity contribution is -0.148. The summed E-state index contributed by atoms with van der Waals surface area (Å²) in [5.41, 5.74) is 0. The largest absolute Gasteiger partial charge is 0.464 e. The van der Waals surface area contributed by atoms with Gasteiger partial charge in [-0.05, 0) is 6.42 Å². The summed E-state index contributed by atoms with van der Waals surface area (Å²) in [6.07, 6.45) is 3.83. The highest BCUT2D eigenvalue weighted by Crippen LogP contribution is 2.25. The number of ether oxygens (including phenoxy) is 1. The van der Waals surface area contributed by atoms with Crippen LogP contribution in [0.15, 0.2) is 0 Å². The van der Waals surface area contributed by atoms with E-state index in [4.69, 9.17) is 0 Å². The first kappa shape index (κ1) is 19.5.